The van der Waals surface area contributed by atoms with Crippen molar-refractivity contribution >= 4 is 10.9 Å². The lowest BCUT2D eigenvalue weighted by Crippen LogP contribution is -2.36. The molecular weight excluding hydrogens is 420 g/mol. The average Bonchev–Trinajstić information content (AvgIpc) is 3.45. The number of aromatic amines is 1. The van der Waals surface area contributed by atoms with Crippen LogP contribution in [0.25, 0.3) is 10.9 Å². The second kappa shape index (κ2) is 10.1. The first-order valence-corrected chi connectivity index (χ1v) is 11.2. The van der Waals surface area contributed by atoms with Gasteiger partial charge in [-0.1, -0.05) is 25.5 Å². The van der Waals surface area contributed by atoms with Crippen LogP contribution < -0.4 is 5.56 Å². The van der Waals surface area contributed by atoms with E-state index in [1.807, 2.05) is 37.3 Å². The van der Waals surface area contributed by atoms with Gasteiger partial charge >= 0.3 is 0 Å². The lowest BCUT2D eigenvalue weighted by atomic mass is 10.00. The quantitative estimate of drug-likeness (QED) is 0.382. The molecule has 0 bridgehead atoms. The lowest BCUT2D eigenvalue weighted by Gasteiger charge is -2.33. The van der Waals surface area contributed by atoms with Crippen LogP contribution in [0.2, 0.25) is 0 Å². The van der Waals surface area contributed by atoms with Crippen LogP contribution in [0.15, 0.2) is 51.9 Å². The fourth-order valence-electron chi connectivity index (χ4n) is 4.27. The van der Waals surface area contributed by atoms with Gasteiger partial charge in [-0.25, -0.2) is 4.68 Å². The Kier molecular flexibility index (Phi) is 7.00. The molecule has 2 N–H and O–H groups in total. The molecule has 0 amide bonds. The van der Waals surface area contributed by atoms with Crippen molar-refractivity contribution in [2.45, 2.75) is 46.3 Å². The number of rotatable bonds is 10. The Bertz CT molecular complexity index is 1240. The molecule has 0 saturated carbocycles. The number of H-pyrrole nitrogens is 1. The van der Waals surface area contributed by atoms with Gasteiger partial charge in [0, 0.05) is 30.8 Å². The molecule has 0 aliphatic heterocycles. The molecule has 3 aromatic heterocycles. The standard InChI is InChI=1S/C24H30N6O3/c1-16(2)22(23-26-27-28-30(23)15-20-6-4-11-33-20)29(9-5-10-31)14-19-13-18-12-17(3)7-8-21(18)25-24(19)32/h4,6-8,11-13,16,22,31H,5,9-10,14-15H2,1-3H3,(H,25,32)/t22-/m1/s1. The van der Waals surface area contributed by atoms with Gasteiger partial charge in [0.15, 0.2) is 5.82 Å². The summed E-state index contributed by atoms with van der Waals surface area (Å²) in [7, 11) is 0. The van der Waals surface area contributed by atoms with Crippen LogP contribution in [0.3, 0.4) is 0 Å². The molecule has 33 heavy (non-hydrogen) atoms. The number of hydrogen-bond acceptors (Lipinski definition) is 7. The third-order valence-electron chi connectivity index (χ3n) is 5.79. The van der Waals surface area contributed by atoms with Crippen molar-refractivity contribution in [3.63, 3.8) is 0 Å². The molecule has 4 rings (SSSR count). The second-order valence-electron chi connectivity index (χ2n) is 8.72. The Morgan fingerprint density at radius 2 is 2.09 bits per heavy atom. The van der Waals surface area contributed by atoms with Gasteiger partial charge in [0.2, 0.25) is 0 Å². The summed E-state index contributed by atoms with van der Waals surface area (Å²) in [6.45, 7) is 7.74. The molecule has 174 valence electrons. The predicted molar refractivity (Wildman–Crippen MR) is 125 cm³/mol. The number of pyridine rings is 1. The lowest BCUT2D eigenvalue weighted by molar-refractivity contribution is 0.122. The van der Waals surface area contributed by atoms with Crippen molar-refractivity contribution in [3.05, 3.63) is 75.7 Å². The van der Waals surface area contributed by atoms with Gasteiger partial charge < -0.3 is 14.5 Å². The van der Waals surface area contributed by atoms with Crippen molar-refractivity contribution in [2.24, 2.45) is 5.92 Å². The average molecular weight is 451 g/mol. The first kappa shape index (κ1) is 22.9. The molecule has 0 radical (unpaired) electrons. The summed E-state index contributed by atoms with van der Waals surface area (Å²) >= 11 is 0. The molecule has 0 aliphatic rings. The van der Waals surface area contributed by atoms with E-state index in [-0.39, 0.29) is 24.1 Å². The SMILES string of the molecule is Cc1ccc2[nH]c(=O)c(CN(CCCO)[C@@H](c3nnnn3Cc3ccco3)C(C)C)cc2c1. The van der Waals surface area contributed by atoms with E-state index in [1.54, 1.807) is 10.9 Å². The minimum atomic E-state index is -0.158. The van der Waals surface area contributed by atoms with Gasteiger partial charge in [0.05, 0.1) is 12.3 Å². The zero-order valence-corrected chi connectivity index (χ0v) is 19.2. The number of aliphatic hydroxyl groups is 1. The van der Waals surface area contributed by atoms with Gasteiger partial charge in [-0.05, 0) is 65.4 Å². The number of fused-ring (bicyclic) bond motifs is 1. The monoisotopic (exact) mass is 450 g/mol. The number of furan rings is 1. The van der Waals surface area contributed by atoms with E-state index in [0.29, 0.717) is 37.4 Å². The molecule has 1 aromatic carbocycles. The van der Waals surface area contributed by atoms with Crippen molar-refractivity contribution < 1.29 is 9.52 Å². The Hall–Kier alpha value is -3.30. The number of hydrogen-bond donors (Lipinski definition) is 2. The van der Waals surface area contributed by atoms with Crippen LogP contribution in [0, 0.1) is 12.8 Å². The number of tetrazole rings is 1. The summed E-state index contributed by atoms with van der Waals surface area (Å²) in [6, 6.07) is 11.5. The number of aliphatic hydroxyl groups excluding tert-OH is 1. The van der Waals surface area contributed by atoms with Gasteiger partial charge in [-0.3, -0.25) is 9.69 Å². The number of benzene rings is 1. The second-order valence-corrected chi connectivity index (χ2v) is 8.72. The minimum Gasteiger partial charge on any atom is -0.467 e. The molecule has 0 spiro atoms. The van der Waals surface area contributed by atoms with Crippen LogP contribution in [0.4, 0.5) is 0 Å². The third kappa shape index (κ3) is 5.20. The topological polar surface area (TPSA) is 113 Å². The van der Waals surface area contributed by atoms with Crippen LogP contribution in [0.5, 0.6) is 0 Å². The number of aryl methyl sites for hydroxylation is 1. The largest absolute Gasteiger partial charge is 0.467 e. The zero-order valence-electron chi connectivity index (χ0n) is 19.2. The Balaban J connectivity index is 1.70. The smallest absolute Gasteiger partial charge is 0.252 e. The van der Waals surface area contributed by atoms with Crippen molar-refractivity contribution in [1.82, 2.24) is 30.1 Å². The summed E-state index contributed by atoms with van der Waals surface area (Å²) in [4.78, 5) is 18.1. The Morgan fingerprint density at radius 3 is 2.82 bits per heavy atom. The number of nitrogens with one attached hydrogen (secondary N) is 1. The van der Waals surface area contributed by atoms with Crippen LogP contribution in [0.1, 0.15) is 49.0 Å². The van der Waals surface area contributed by atoms with Crippen molar-refractivity contribution in [3.8, 4) is 0 Å². The highest BCUT2D eigenvalue weighted by atomic mass is 16.3. The Morgan fingerprint density at radius 1 is 1.24 bits per heavy atom. The molecule has 0 unspecified atom stereocenters. The predicted octanol–water partition coefficient (Wildman–Crippen LogP) is 3.05. The van der Waals surface area contributed by atoms with E-state index in [4.69, 9.17) is 4.42 Å². The van der Waals surface area contributed by atoms with Crippen LogP contribution >= 0.6 is 0 Å². The molecular formula is C24H30N6O3. The molecule has 0 aliphatic carbocycles. The first-order chi connectivity index (χ1) is 16.0. The van der Waals surface area contributed by atoms with E-state index in [9.17, 15) is 9.90 Å². The molecule has 4 aromatic rings. The molecule has 3 heterocycles. The Labute approximate surface area is 192 Å². The summed E-state index contributed by atoms with van der Waals surface area (Å²) < 4.78 is 7.22. The van der Waals surface area contributed by atoms with Crippen LogP contribution in [-0.4, -0.2) is 48.3 Å². The number of aromatic nitrogens is 5. The third-order valence-corrected chi connectivity index (χ3v) is 5.79. The maximum atomic E-state index is 12.9. The van der Waals surface area contributed by atoms with Gasteiger partial charge in [0.1, 0.15) is 12.3 Å². The highest BCUT2D eigenvalue weighted by molar-refractivity contribution is 5.79. The zero-order chi connectivity index (χ0) is 23.4. The first-order valence-electron chi connectivity index (χ1n) is 11.2. The number of nitrogens with zero attached hydrogens (tertiary/aromatic N) is 5. The van der Waals surface area contributed by atoms with Crippen LogP contribution in [-0.2, 0) is 13.1 Å². The maximum absolute atomic E-state index is 12.9. The van der Waals surface area contributed by atoms with E-state index in [0.717, 1.165) is 22.2 Å². The van der Waals surface area contributed by atoms with E-state index < -0.39 is 0 Å². The van der Waals surface area contributed by atoms with Gasteiger partial charge in [0.25, 0.3) is 5.56 Å². The summed E-state index contributed by atoms with van der Waals surface area (Å²) in [5.74, 6) is 1.62. The maximum Gasteiger partial charge on any atom is 0.252 e. The van der Waals surface area contributed by atoms with E-state index in [2.05, 4.69) is 45.3 Å². The minimum absolute atomic E-state index is 0.0614. The molecule has 0 fully saturated rings. The molecule has 9 nitrogen and oxygen atoms in total. The molecule has 0 saturated heterocycles. The van der Waals surface area contributed by atoms with Gasteiger partial charge in [-0.2, -0.15) is 0 Å². The fraction of sp³-hybridized carbons (Fsp3) is 0.417. The summed E-state index contributed by atoms with van der Waals surface area (Å²) in [5, 5.41) is 23.0. The van der Waals surface area contributed by atoms with E-state index >= 15 is 0 Å². The summed E-state index contributed by atoms with van der Waals surface area (Å²) in [5.41, 5.74) is 2.51. The van der Waals surface area contributed by atoms with Crippen molar-refractivity contribution in [1.29, 1.82) is 0 Å². The highest BCUT2D eigenvalue weighted by Crippen LogP contribution is 2.29. The molecule has 9 heteroatoms. The highest BCUT2D eigenvalue weighted by Gasteiger charge is 2.30. The summed E-state index contributed by atoms with van der Waals surface area (Å²) in [6.07, 6.45) is 2.20. The molecule has 1 atom stereocenters. The van der Waals surface area contributed by atoms with Crippen molar-refractivity contribution in [2.75, 3.05) is 13.2 Å². The van der Waals surface area contributed by atoms with E-state index in [1.165, 1.54) is 0 Å². The van der Waals surface area contributed by atoms with Gasteiger partial charge in [-0.15, -0.1) is 5.10 Å². The normalized spacial score (nSPS) is 12.8. The fourth-order valence-corrected chi connectivity index (χ4v) is 4.27.